The molecule has 35 heavy (non-hydrogen) atoms. The van der Waals surface area contributed by atoms with Crippen molar-refractivity contribution in [1.29, 1.82) is 0 Å². The second-order valence-electron chi connectivity index (χ2n) is 7.55. The Labute approximate surface area is 206 Å². The molecule has 6 nitrogen and oxygen atoms in total. The topological polar surface area (TPSA) is 73.8 Å². The van der Waals surface area contributed by atoms with Crippen molar-refractivity contribution in [2.24, 2.45) is 0 Å². The molecule has 0 N–H and O–H groups in total. The van der Waals surface area contributed by atoms with Crippen molar-refractivity contribution in [2.45, 2.75) is 12.7 Å². The number of fused-ring (bicyclic) bond motifs is 1. The molecule has 0 unspecified atom stereocenters. The van der Waals surface area contributed by atoms with Crippen molar-refractivity contribution >= 4 is 39.9 Å². The number of hydrogen-bond donors (Lipinski definition) is 0. The summed E-state index contributed by atoms with van der Waals surface area (Å²) in [5.74, 6) is -1.37. The molecule has 0 bridgehead atoms. The van der Waals surface area contributed by atoms with E-state index in [1.54, 1.807) is 24.3 Å². The number of carbonyl (C=O) groups excluding carboxylic acids is 1. The van der Waals surface area contributed by atoms with E-state index < -0.39 is 23.2 Å². The lowest BCUT2D eigenvalue weighted by Crippen LogP contribution is -2.18. The molecule has 0 saturated carbocycles. The Balaban J connectivity index is 1.70. The Kier molecular flexibility index (Phi) is 5.82. The highest BCUT2D eigenvalue weighted by Crippen LogP contribution is 2.40. The molecule has 3 heterocycles. The van der Waals surface area contributed by atoms with Crippen LogP contribution in [0.15, 0.2) is 71.7 Å². The molecule has 11 heteroatoms. The first-order chi connectivity index (χ1) is 16.7. The van der Waals surface area contributed by atoms with Crippen LogP contribution in [0.25, 0.3) is 22.5 Å². The average molecular weight is 517 g/mol. The molecule has 5 rings (SSSR count). The molecule has 3 aromatic heterocycles. The van der Waals surface area contributed by atoms with E-state index in [0.717, 1.165) is 10.8 Å². The second-order valence-corrected chi connectivity index (χ2v) is 8.42. The van der Waals surface area contributed by atoms with Crippen LogP contribution in [0, 0.1) is 0 Å². The molecule has 0 fully saturated rings. The molecular formula is C24H13Cl2F3N4O2. The zero-order valence-electron chi connectivity index (χ0n) is 17.6. The van der Waals surface area contributed by atoms with Crippen LogP contribution in [0.5, 0.6) is 0 Å². The Hall–Kier alpha value is -3.69. The van der Waals surface area contributed by atoms with Gasteiger partial charge >= 0.3 is 6.18 Å². The van der Waals surface area contributed by atoms with Gasteiger partial charge in [0.1, 0.15) is 17.7 Å². The minimum Gasteiger partial charge on any atom is -0.431 e. The fourth-order valence-electron chi connectivity index (χ4n) is 3.83. The SMILES string of the molecule is O=C(c1cnc(-c2ccncn2)o1)c1c(C(F)(F)F)n(Cc2ccc(Cl)cc2)c2ccc(Cl)cc12. The lowest BCUT2D eigenvalue weighted by molar-refractivity contribution is -0.143. The third-order valence-electron chi connectivity index (χ3n) is 5.31. The molecular weight excluding hydrogens is 504 g/mol. The fraction of sp³-hybridized carbons (Fsp3) is 0.0833. The summed E-state index contributed by atoms with van der Waals surface area (Å²) in [5.41, 5.74) is -0.653. The molecule has 0 aliphatic heterocycles. The van der Waals surface area contributed by atoms with Gasteiger partial charge in [-0.05, 0) is 42.0 Å². The van der Waals surface area contributed by atoms with Crippen LogP contribution in [0.3, 0.4) is 0 Å². The zero-order chi connectivity index (χ0) is 24.7. The second kappa shape index (κ2) is 8.83. The standard InChI is InChI=1S/C24H13Cl2F3N4O2/c25-14-3-1-13(2-4-14)11-33-18-6-5-15(26)9-16(18)20(22(33)24(27,28)29)21(34)19-10-31-23(35-19)17-7-8-30-12-32-17/h1-10,12H,11H2. The summed E-state index contributed by atoms with van der Waals surface area (Å²) in [6.45, 7) is -0.153. The van der Waals surface area contributed by atoms with Gasteiger partial charge in [-0.25, -0.2) is 15.0 Å². The van der Waals surface area contributed by atoms with Gasteiger partial charge in [0.05, 0.1) is 11.8 Å². The van der Waals surface area contributed by atoms with E-state index in [1.165, 1.54) is 36.8 Å². The Bertz CT molecular complexity index is 1550. The van der Waals surface area contributed by atoms with Crippen LogP contribution in [0.2, 0.25) is 10.0 Å². The molecule has 0 atom stereocenters. The largest absolute Gasteiger partial charge is 0.432 e. The van der Waals surface area contributed by atoms with E-state index >= 15 is 0 Å². The molecule has 0 radical (unpaired) electrons. The summed E-state index contributed by atoms with van der Waals surface area (Å²) in [5, 5.41) is 0.682. The highest BCUT2D eigenvalue weighted by Gasteiger charge is 2.42. The van der Waals surface area contributed by atoms with Crippen molar-refractivity contribution in [3.05, 3.63) is 99.9 Å². The van der Waals surface area contributed by atoms with Crippen LogP contribution in [0.4, 0.5) is 13.2 Å². The lowest BCUT2D eigenvalue weighted by atomic mass is 10.0. The predicted molar refractivity (Wildman–Crippen MR) is 123 cm³/mol. The minimum absolute atomic E-state index is 0.0211. The van der Waals surface area contributed by atoms with Gasteiger partial charge in [0.2, 0.25) is 11.7 Å². The monoisotopic (exact) mass is 516 g/mol. The normalized spacial score (nSPS) is 11.8. The average Bonchev–Trinajstić information content (AvgIpc) is 3.44. The predicted octanol–water partition coefficient (Wildman–Crippen LogP) is 6.69. The van der Waals surface area contributed by atoms with Gasteiger partial charge in [0, 0.05) is 33.7 Å². The number of alkyl halides is 3. The summed E-state index contributed by atoms with van der Waals surface area (Å²) in [6.07, 6.45) is -1.08. The summed E-state index contributed by atoms with van der Waals surface area (Å²) >= 11 is 12.0. The summed E-state index contributed by atoms with van der Waals surface area (Å²) in [7, 11) is 0. The molecule has 0 spiro atoms. The van der Waals surface area contributed by atoms with Crippen LogP contribution < -0.4 is 0 Å². The maximum Gasteiger partial charge on any atom is 0.432 e. The summed E-state index contributed by atoms with van der Waals surface area (Å²) in [4.78, 5) is 25.2. The first-order valence-corrected chi connectivity index (χ1v) is 10.9. The number of ketones is 1. The molecule has 176 valence electrons. The Morgan fingerprint density at radius 3 is 2.43 bits per heavy atom. The number of carbonyl (C=O) groups is 1. The van der Waals surface area contributed by atoms with Crippen molar-refractivity contribution in [2.75, 3.05) is 0 Å². The molecule has 0 aliphatic rings. The first kappa shape index (κ1) is 23.1. The zero-order valence-corrected chi connectivity index (χ0v) is 19.1. The number of aromatic nitrogens is 4. The van der Waals surface area contributed by atoms with Gasteiger partial charge in [0.25, 0.3) is 0 Å². The van der Waals surface area contributed by atoms with Crippen molar-refractivity contribution in [3.63, 3.8) is 0 Å². The molecule has 0 amide bonds. The maximum absolute atomic E-state index is 14.5. The maximum atomic E-state index is 14.5. The van der Waals surface area contributed by atoms with Crippen LogP contribution in [-0.2, 0) is 12.7 Å². The van der Waals surface area contributed by atoms with Crippen molar-refractivity contribution < 1.29 is 22.4 Å². The van der Waals surface area contributed by atoms with E-state index in [0.29, 0.717) is 10.6 Å². The van der Waals surface area contributed by atoms with Gasteiger partial charge in [-0.3, -0.25) is 4.79 Å². The number of rotatable bonds is 5. The fourth-order valence-corrected chi connectivity index (χ4v) is 4.12. The quantitative estimate of drug-likeness (QED) is 0.243. The Morgan fingerprint density at radius 1 is 1.00 bits per heavy atom. The first-order valence-electron chi connectivity index (χ1n) is 10.1. The number of benzene rings is 2. The van der Waals surface area contributed by atoms with Crippen LogP contribution >= 0.6 is 23.2 Å². The van der Waals surface area contributed by atoms with E-state index in [9.17, 15) is 18.0 Å². The highest BCUT2D eigenvalue weighted by molar-refractivity contribution is 6.32. The lowest BCUT2D eigenvalue weighted by Gasteiger charge is -2.14. The van der Waals surface area contributed by atoms with E-state index in [-0.39, 0.29) is 39.8 Å². The van der Waals surface area contributed by atoms with Gasteiger partial charge in [-0.1, -0.05) is 35.3 Å². The molecule has 0 aliphatic carbocycles. The molecule has 0 saturated heterocycles. The van der Waals surface area contributed by atoms with Gasteiger partial charge in [-0.2, -0.15) is 13.2 Å². The smallest absolute Gasteiger partial charge is 0.431 e. The van der Waals surface area contributed by atoms with E-state index in [2.05, 4.69) is 15.0 Å². The van der Waals surface area contributed by atoms with Gasteiger partial charge in [-0.15, -0.1) is 0 Å². The third-order valence-corrected chi connectivity index (χ3v) is 5.79. The number of halogens is 5. The highest BCUT2D eigenvalue weighted by atomic mass is 35.5. The van der Waals surface area contributed by atoms with Gasteiger partial charge < -0.3 is 8.98 Å². The van der Waals surface area contributed by atoms with E-state index in [4.69, 9.17) is 27.6 Å². The number of hydrogen-bond acceptors (Lipinski definition) is 5. The summed E-state index contributed by atoms with van der Waals surface area (Å²) in [6, 6.07) is 12.2. The summed E-state index contributed by atoms with van der Waals surface area (Å²) < 4.78 is 50.0. The van der Waals surface area contributed by atoms with Crippen molar-refractivity contribution in [1.82, 2.24) is 19.5 Å². The Morgan fingerprint density at radius 2 is 1.74 bits per heavy atom. The number of oxazole rings is 1. The number of nitrogens with zero attached hydrogens (tertiary/aromatic N) is 4. The van der Waals surface area contributed by atoms with Crippen LogP contribution in [0.1, 0.15) is 27.4 Å². The third kappa shape index (κ3) is 4.40. The molecule has 5 aromatic rings. The van der Waals surface area contributed by atoms with Crippen LogP contribution in [-0.4, -0.2) is 25.3 Å². The molecule has 2 aromatic carbocycles. The van der Waals surface area contributed by atoms with E-state index in [1.807, 2.05) is 0 Å². The van der Waals surface area contributed by atoms with Gasteiger partial charge in [0.15, 0.2) is 5.76 Å². The minimum atomic E-state index is -4.86. The van der Waals surface area contributed by atoms with Crippen molar-refractivity contribution in [3.8, 4) is 11.6 Å².